The molecule has 1 atom stereocenters. The molecule has 0 aromatic heterocycles. The van der Waals surface area contributed by atoms with Gasteiger partial charge in [0.1, 0.15) is 10.7 Å². The van der Waals surface area contributed by atoms with Crippen LogP contribution >= 0.6 is 0 Å². The molecular formula is C16H14F3NO2S. The Morgan fingerprint density at radius 1 is 1.13 bits per heavy atom. The second kappa shape index (κ2) is 5.65. The number of fused-ring (bicyclic) bond motifs is 1. The molecule has 0 spiro atoms. The Bertz CT molecular complexity index is 868. The van der Waals surface area contributed by atoms with Crippen LogP contribution < -0.4 is 0 Å². The summed E-state index contributed by atoms with van der Waals surface area (Å²) in [5, 5.41) is 0. The van der Waals surface area contributed by atoms with Crippen molar-refractivity contribution in [3.05, 3.63) is 65.0 Å². The molecule has 0 radical (unpaired) electrons. The average molecular weight is 341 g/mol. The molecular weight excluding hydrogens is 327 g/mol. The van der Waals surface area contributed by atoms with Crippen molar-refractivity contribution in [2.24, 2.45) is 0 Å². The standard InChI is InChI=1S/C16H14F3NO2S/c1-10-13-9-12(17)6-5-11(13)7-8-20(10)23(21,22)15-4-2-3-14(18)16(15)19/h2-6,9-10H,7-8H2,1H3. The van der Waals surface area contributed by atoms with Crippen LogP contribution in [0.4, 0.5) is 13.2 Å². The molecule has 3 nitrogen and oxygen atoms in total. The fourth-order valence-electron chi connectivity index (χ4n) is 2.90. The first-order valence-electron chi connectivity index (χ1n) is 7.06. The molecule has 1 unspecified atom stereocenters. The van der Waals surface area contributed by atoms with Crippen molar-refractivity contribution < 1.29 is 21.6 Å². The maximum atomic E-state index is 13.9. The van der Waals surface area contributed by atoms with Gasteiger partial charge in [0.2, 0.25) is 10.0 Å². The lowest BCUT2D eigenvalue weighted by Crippen LogP contribution is -2.39. The van der Waals surface area contributed by atoms with Gasteiger partial charge in [-0.2, -0.15) is 4.31 Å². The van der Waals surface area contributed by atoms with Gasteiger partial charge in [-0.1, -0.05) is 12.1 Å². The Kier molecular flexibility index (Phi) is 3.93. The highest BCUT2D eigenvalue weighted by Crippen LogP contribution is 2.35. The average Bonchev–Trinajstić information content (AvgIpc) is 2.50. The number of nitrogens with zero attached hydrogens (tertiary/aromatic N) is 1. The summed E-state index contributed by atoms with van der Waals surface area (Å²) in [5.74, 6) is -3.08. The summed E-state index contributed by atoms with van der Waals surface area (Å²) in [7, 11) is -4.22. The van der Waals surface area contributed by atoms with Crippen molar-refractivity contribution in [2.75, 3.05) is 6.54 Å². The zero-order valence-electron chi connectivity index (χ0n) is 12.3. The monoisotopic (exact) mass is 341 g/mol. The number of hydrogen-bond acceptors (Lipinski definition) is 2. The normalized spacial score (nSPS) is 18.7. The van der Waals surface area contributed by atoms with Gasteiger partial charge in [0.05, 0.1) is 0 Å². The smallest absolute Gasteiger partial charge is 0.207 e. The van der Waals surface area contributed by atoms with Crippen LogP contribution in [0.25, 0.3) is 0 Å². The largest absolute Gasteiger partial charge is 0.246 e. The van der Waals surface area contributed by atoms with Crippen LogP contribution in [0, 0.1) is 17.5 Å². The van der Waals surface area contributed by atoms with Crippen LogP contribution in [0.15, 0.2) is 41.3 Å². The van der Waals surface area contributed by atoms with Crippen LogP contribution in [0.1, 0.15) is 24.1 Å². The van der Waals surface area contributed by atoms with Crippen molar-refractivity contribution >= 4 is 10.0 Å². The Morgan fingerprint density at radius 3 is 2.61 bits per heavy atom. The molecule has 7 heteroatoms. The summed E-state index contributed by atoms with van der Waals surface area (Å²) < 4.78 is 67.2. The number of halogens is 3. The number of benzene rings is 2. The Hall–Kier alpha value is -1.86. The summed E-state index contributed by atoms with van der Waals surface area (Å²) in [4.78, 5) is -0.704. The molecule has 0 saturated heterocycles. The van der Waals surface area contributed by atoms with Crippen LogP contribution in [0.2, 0.25) is 0 Å². The van der Waals surface area contributed by atoms with E-state index in [-0.39, 0.29) is 6.54 Å². The third kappa shape index (κ3) is 2.64. The summed E-state index contributed by atoms with van der Waals surface area (Å²) in [6, 6.07) is 6.59. The van der Waals surface area contributed by atoms with Crippen LogP contribution in [0.3, 0.4) is 0 Å². The van der Waals surface area contributed by atoms with E-state index in [9.17, 15) is 21.6 Å². The van der Waals surface area contributed by atoms with Gasteiger partial charge in [0.25, 0.3) is 0 Å². The second-order valence-corrected chi connectivity index (χ2v) is 7.30. The van der Waals surface area contributed by atoms with Crippen molar-refractivity contribution in [3.8, 4) is 0 Å². The highest BCUT2D eigenvalue weighted by molar-refractivity contribution is 7.89. The van der Waals surface area contributed by atoms with Crippen LogP contribution in [-0.2, 0) is 16.4 Å². The van der Waals surface area contributed by atoms with Crippen molar-refractivity contribution in [2.45, 2.75) is 24.3 Å². The van der Waals surface area contributed by atoms with E-state index in [0.717, 1.165) is 28.1 Å². The molecule has 2 aromatic carbocycles. The van der Waals surface area contributed by atoms with Gasteiger partial charge >= 0.3 is 0 Å². The molecule has 0 aliphatic carbocycles. The number of rotatable bonds is 2. The van der Waals surface area contributed by atoms with E-state index in [2.05, 4.69) is 0 Å². The summed E-state index contributed by atoms with van der Waals surface area (Å²) in [6.45, 7) is 1.73. The zero-order valence-corrected chi connectivity index (χ0v) is 13.1. The van der Waals surface area contributed by atoms with E-state index in [0.29, 0.717) is 12.0 Å². The van der Waals surface area contributed by atoms with Gasteiger partial charge in [-0.25, -0.2) is 21.6 Å². The van der Waals surface area contributed by atoms with E-state index in [4.69, 9.17) is 0 Å². The first-order chi connectivity index (χ1) is 10.8. The Labute approximate surface area is 132 Å². The zero-order chi connectivity index (χ0) is 16.8. The van der Waals surface area contributed by atoms with E-state index < -0.39 is 38.4 Å². The summed E-state index contributed by atoms with van der Waals surface area (Å²) >= 11 is 0. The topological polar surface area (TPSA) is 37.4 Å². The maximum absolute atomic E-state index is 13.9. The molecule has 0 N–H and O–H groups in total. The maximum Gasteiger partial charge on any atom is 0.246 e. The molecule has 0 saturated carbocycles. The van der Waals surface area contributed by atoms with E-state index >= 15 is 0 Å². The third-order valence-electron chi connectivity index (χ3n) is 4.09. The van der Waals surface area contributed by atoms with Crippen LogP contribution in [0.5, 0.6) is 0 Å². The molecule has 1 heterocycles. The molecule has 1 aliphatic heterocycles. The fourth-order valence-corrected chi connectivity index (χ4v) is 4.59. The molecule has 0 bridgehead atoms. The minimum absolute atomic E-state index is 0.123. The molecule has 0 amide bonds. The van der Waals surface area contributed by atoms with E-state index in [1.54, 1.807) is 13.0 Å². The van der Waals surface area contributed by atoms with Gasteiger partial charge in [-0.05, 0) is 48.7 Å². The van der Waals surface area contributed by atoms with Crippen molar-refractivity contribution in [1.82, 2.24) is 4.31 Å². The quantitative estimate of drug-likeness (QED) is 0.839. The Morgan fingerprint density at radius 2 is 1.87 bits per heavy atom. The minimum Gasteiger partial charge on any atom is -0.207 e. The lowest BCUT2D eigenvalue weighted by Gasteiger charge is -2.34. The molecule has 3 rings (SSSR count). The lowest BCUT2D eigenvalue weighted by molar-refractivity contribution is 0.323. The van der Waals surface area contributed by atoms with Gasteiger partial charge in [0.15, 0.2) is 11.6 Å². The van der Waals surface area contributed by atoms with Crippen LogP contribution in [-0.4, -0.2) is 19.3 Å². The lowest BCUT2D eigenvalue weighted by atomic mass is 9.95. The first-order valence-corrected chi connectivity index (χ1v) is 8.50. The van der Waals surface area contributed by atoms with Crippen molar-refractivity contribution in [1.29, 1.82) is 0 Å². The number of hydrogen-bond donors (Lipinski definition) is 0. The summed E-state index contributed by atoms with van der Waals surface area (Å²) in [6.07, 6.45) is 0.385. The number of sulfonamides is 1. The molecule has 122 valence electrons. The SMILES string of the molecule is CC1c2cc(F)ccc2CCN1S(=O)(=O)c1cccc(F)c1F. The predicted octanol–water partition coefficient (Wildman–Crippen LogP) is 3.41. The Balaban J connectivity index is 2.07. The highest BCUT2D eigenvalue weighted by Gasteiger charge is 2.36. The molecule has 1 aliphatic rings. The van der Waals surface area contributed by atoms with Crippen molar-refractivity contribution in [3.63, 3.8) is 0 Å². The predicted molar refractivity (Wildman–Crippen MR) is 78.8 cm³/mol. The van der Waals surface area contributed by atoms with E-state index in [1.165, 1.54) is 12.1 Å². The minimum atomic E-state index is -4.22. The molecule has 23 heavy (non-hydrogen) atoms. The highest BCUT2D eigenvalue weighted by atomic mass is 32.2. The van der Waals surface area contributed by atoms with Gasteiger partial charge in [0, 0.05) is 12.6 Å². The van der Waals surface area contributed by atoms with Gasteiger partial charge < -0.3 is 0 Å². The van der Waals surface area contributed by atoms with Gasteiger partial charge in [-0.15, -0.1) is 0 Å². The van der Waals surface area contributed by atoms with E-state index in [1.807, 2.05) is 0 Å². The third-order valence-corrected chi connectivity index (χ3v) is 6.08. The second-order valence-electron chi connectivity index (χ2n) is 5.44. The van der Waals surface area contributed by atoms with Gasteiger partial charge in [-0.3, -0.25) is 0 Å². The molecule has 0 fully saturated rings. The first kappa shape index (κ1) is 16.0. The molecule has 2 aromatic rings. The summed E-state index contributed by atoms with van der Waals surface area (Å²) in [5.41, 5.74) is 1.39. The fraction of sp³-hybridized carbons (Fsp3) is 0.250.